The van der Waals surface area contributed by atoms with Gasteiger partial charge in [-0.1, -0.05) is 16.8 Å². The van der Waals surface area contributed by atoms with Crippen molar-refractivity contribution in [2.24, 2.45) is 10.9 Å². The van der Waals surface area contributed by atoms with E-state index >= 15 is 0 Å². The van der Waals surface area contributed by atoms with Crippen LogP contribution in [0.5, 0.6) is 11.5 Å². The third kappa shape index (κ3) is 3.22. The smallest absolute Gasteiger partial charge is 0.179 e. The van der Waals surface area contributed by atoms with E-state index in [9.17, 15) is 0 Å². The number of nitrogens with zero attached hydrogens (tertiary/aromatic N) is 1. The number of fused-ring (bicyclic) bond motifs is 1. The normalized spacial score (nSPS) is 14.0. The summed E-state index contributed by atoms with van der Waals surface area (Å²) in [5, 5.41) is 8.22. The Morgan fingerprint density at radius 3 is 3.05 bits per heavy atom. The van der Waals surface area contributed by atoms with E-state index in [1.807, 2.05) is 22.9 Å². The molecule has 5 nitrogen and oxygen atoms in total. The number of hydrogen-bond donors (Lipinski definition) is 1. The number of rotatable bonds is 4. The van der Waals surface area contributed by atoms with E-state index in [2.05, 4.69) is 5.16 Å². The fraction of sp³-hybridized carbons (Fsp3) is 0.214. The number of oxime groups is 1. The highest BCUT2D eigenvalue weighted by Crippen LogP contribution is 2.38. The molecule has 3 rings (SSSR count). The maximum atomic E-state index is 6.15. The van der Waals surface area contributed by atoms with Gasteiger partial charge < -0.3 is 20.0 Å². The fourth-order valence-corrected chi connectivity index (χ4v) is 2.82. The van der Waals surface area contributed by atoms with Crippen molar-refractivity contribution in [1.82, 2.24) is 0 Å². The van der Waals surface area contributed by atoms with Gasteiger partial charge >= 0.3 is 0 Å². The molecule has 0 unspecified atom stereocenters. The van der Waals surface area contributed by atoms with Crippen LogP contribution in [0.15, 0.2) is 34.1 Å². The molecule has 21 heavy (non-hydrogen) atoms. The number of hydrogen-bond acceptors (Lipinski definition) is 5. The molecule has 2 N–H and O–H groups in total. The van der Waals surface area contributed by atoms with Gasteiger partial charge in [0, 0.05) is 10.9 Å². The van der Waals surface area contributed by atoms with Gasteiger partial charge in [0.25, 0.3) is 0 Å². The van der Waals surface area contributed by atoms with Crippen LogP contribution in [0.3, 0.4) is 0 Å². The van der Waals surface area contributed by atoms with Gasteiger partial charge in [-0.3, -0.25) is 0 Å². The van der Waals surface area contributed by atoms with Crippen LogP contribution in [0.25, 0.3) is 0 Å². The Bertz CT molecular complexity index is 658. The monoisotopic (exact) mass is 324 g/mol. The van der Waals surface area contributed by atoms with Gasteiger partial charge in [0.15, 0.2) is 17.3 Å². The Morgan fingerprint density at radius 1 is 1.38 bits per heavy atom. The Balaban J connectivity index is 1.68. The standard InChI is InChI=1S/C14H13ClN2O3S/c15-11-5-9(6-12-13(11)19-3-2-18-12)7-20-17-14(16)10-1-4-21-8-10/h1,4-6,8H,2-3,7H2,(H2,16,17). The van der Waals surface area contributed by atoms with Crippen molar-refractivity contribution in [3.63, 3.8) is 0 Å². The molecule has 1 aromatic heterocycles. The number of amidine groups is 1. The molecule has 0 radical (unpaired) electrons. The van der Waals surface area contributed by atoms with E-state index < -0.39 is 0 Å². The average molecular weight is 325 g/mol. The first-order valence-corrected chi connectivity index (χ1v) is 7.62. The van der Waals surface area contributed by atoms with Gasteiger partial charge in [0.1, 0.15) is 19.8 Å². The Morgan fingerprint density at radius 2 is 2.24 bits per heavy atom. The molecule has 2 aromatic rings. The minimum absolute atomic E-state index is 0.251. The van der Waals surface area contributed by atoms with Crippen LogP contribution in [-0.2, 0) is 11.4 Å². The van der Waals surface area contributed by atoms with Gasteiger partial charge in [-0.2, -0.15) is 11.3 Å². The number of halogens is 1. The molecule has 2 heterocycles. The van der Waals surface area contributed by atoms with Crippen LogP contribution in [0, 0.1) is 0 Å². The van der Waals surface area contributed by atoms with E-state index in [1.54, 1.807) is 17.4 Å². The van der Waals surface area contributed by atoms with Crippen LogP contribution in [0.1, 0.15) is 11.1 Å². The number of nitrogens with two attached hydrogens (primary N) is 1. The molecular formula is C14H13ClN2O3S. The predicted molar refractivity (Wildman–Crippen MR) is 82.3 cm³/mol. The van der Waals surface area contributed by atoms with Gasteiger partial charge in [0.2, 0.25) is 0 Å². The lowest BCUT2D eigenvalue weighted by Gasteiger charge is -2.20. The molecule has 110 valence electrons. The topological polar surface area (TPSA) is 66.1 Å². The summed E-state index contributed by atoms with van der Waals surface area (Å²) in [4.78, 5) is 5.26. The molecule has 0 bridgehead atoms. The van der Waals surface area contributed by atoms with E-state index in [4.69, 9.17) is 31.6 Å². The summed E-state index contributed by atoms with van der Waals surface area (Å²) in [5.74, 6) is 1.55. The van der Waals surface area contributed by atoms with Crippen molar-refractivity contribution >= 4 is 28.8 Å². The SMILES string of the molecule is N/C(=N\OCc1cc(Cl)c2c(c1)OCCO2)c1ccsc1. The Hall–Kier alpha value is -1.92. The minimum Gasteiger partial charge on any atom is -0.486 e. The van der Waals surface area contributed by atoms with Crippen molar-refractivity contribution in [3.05, 3.63) is 45.1 Å². The third-order valence-electron chi connectivity index (χ3n) is 2.87. The second kappa shape index (κ2) is 6.24. The maximum absolute atomic E-state index is 6.15. The number of ether oxygens (including phenoxy) is 2. The van der Waals surface area contributed by atoms with Crippen LogP contribution >= 0.6 is 22.9 Å². The van der Waals surface area contributed by atoms with Crippen LogP contribution < -0.4 is 15.2 Å². The van der Waals surface area contributed by atoms with Crippen LogP contribution in [0.4, 0.5) is 0 Å². The summed E-state index contributed by atoms with van der Waals surface area (Å²) < 4.78 is 11.0. The summed E-state index contributed by atoms with van der Waals surface area (Å²) in [6.45, 7) is 1.27. The molecule has 0 amide bonds. The van der Waals surface area contributed by atoms with Gasteiger partial charge in [-0.05, 0) is 29.1 Å². The van der Waals surface area contributed by atoms with Crippen molar-refractivity contribution in [2.45, 2.75) is 6.61 Å². The van der Waals surface area contributed by atoms with Crippen molar-refractivity contribution in [3.8, 4) is 11.5 Å². The zero-order valence-electron chi connectivity index (χ0n) is 11.0. The first kappa shape index (κ1) is 14.0. The molecule has 0 atom stereocenters. The molecule has 1 aromatic carbocycles. The second-order valence-electron chi connectivity index (χ2n) is 4.36. The molecule has 7 heteroatoms. The lowest BCUT2D eigenvalue weighted by atomic mass is 10.2. The second-order valence-corrected chi connectivity index (χ2v) is 5.55. The average Bonchev–Trinajstić information content (AvgIpc) is 3.01. The summed E-state index contributed by atoms with van der Waals surface area (Å²) in [6.07, 6.45) is 0. The molecule has 0 saturated heterocycles. The van der Waals surface area contributed by atoms with E-state index in [-0.39, 0.29) is 6.61 Å². The number of benzene rings is 1. The summed E-state index contributed by atoms with van der Waals surface area (Å²) >= 11 is 7.70. The molecule has 0 spiro atoms. The first-order chi connectivity index (χ1) is 10.2. The molecular weight excluding hydrogens is 312 g/mol. The molecule has 1 aliphatic heterocycles. The molecule has 1 aliphatic rings. The van der Waals surface area contributed by atoms with Gasteiger partial charge in [-0.25, -0.2) is 0 Å². The zero-order valence-corrected chi connectivity index (χ0v) is 12.6. The van der Waals surface area contributed by atoms with Crippen molar-refractivity contribution in [2.75, 3.05) is 13.2 Å². The van der Waals surface area contributed by atoms with Crippen molar-refractivity contribution in [1.29, 1.82) is 0 Å². The van der Waals surface area contributed by atoms with Gasteiger partial charge in [0.05, 0.1) is 5.02 Å². The number of thiophene rings is 1. The highest BCUT2D eigenvalue weighted by Gasteiger charge is 2.16. The highest BCUT2D eigenvalue weighted by atomic mass is 35.5. The first-order valence-electron chi connectivity index (χ1n) is 6.30. The third-order valence-corrected chi connectivity index (χ3v) is 3.83. The van der Waals surface area contributed by atoms with Crippen LogP contribution in [0.2, 0.25) is 5.02 Å². The summed E-state index contributed by atoms with van der Waals surface area (Å²) in [5.41, 5.74) is 7.49. The largest absolute Gasteiger partial charge is 0.486 e. The Kier molecular flexibility index (Phi) is 4.17. The van der Waals surface area contributed by atoms with E-state index in [0.29, 0.717) is 35.6 Å². The van der Waals surface area contributed by atoms with E-state index in [1.165, 1.54) is 0 Å². The van der Waals surface area contributed by atoms with Gasteiger partial charge in [-0.15, -0.1) is 0 Å². The van der Waals surface area contributed by atoms with Crippen LogP contribution in [-0.4, -0.2) is 19.0 Å². The lowest BCUT2D eigenvalue weighted by Crippen LogP contribution is -2.16. The summed E-state index contributed by atoms with van der Waals surface area (Å²) in [7, 11) is 0. The zero-order chi connectivity index (χ0) is 14.7. The Labute approximate surface area is 130 Å². The van der Waals surface area contributed by atoms with Crippen molar-refractivity contribution < 1.29 is 14.3 Å². The summed E-state index contributed by atoms with van der Waals surface area (Å²) in [6, 6.07) is 5.48. The highest BCUT2D eigenvalue weighted by molar-refractivity contribution is 7.08. The fourth-order valence-electron chi connectivity index (χ4n) is 1.89. The van der Waals surface area contributed by atoms with E-state index in [0.717, 1.165) is 11.1 Å². The lowest BCUT2D eigenvalue weighted by molar-refractivity contribution is 0.129. The minimum atomic E-state index is 0.251. The molecule has 0 fully saturated rings. The maximum Gasteiger partial charge on any atom is 0.179 e. The molecule has 0 saturated carbocycles. The predicted octanol–water partition coefficient (Wildman–Crippen LogP) is 3.01. The quantitative estimate of drug-likeness (QED) is 0.533. The molecule has 0 aliphatic carbocycles.